The third kappa shape index (κ3) is 1.72. The fourth-order valence-electron chi connectivity index (χ4n) is 1.85. The van der Waals surface area contributed by atoms with Gasteiger partial charge < -0.3 is 0 Å². The second-order valence-corrected chi connectivity index (χ2v) is 3.94. The van der Waals surface area contributed by atoms with Crippen molar-refractivity contribution in [3.63, 3.8) is 0 Å². The molecule has 0 amide bonds. The third-order valence-corrected chi connectivity index (χ3v) is 2.85. The molecule has 4 heterocycles. The molecule has 4 heteroatoms. The van der Waals surface area contributed by atoms with Crippen LogP contribution in [-0.4, -0.2) is 14.6 Å². The Bertz CT molecular complexity index is 808. The lowest BCUT2D eigenvalue weighted by Crippen LogP contribution is -1.98. The number of nitriles is 1. The Balaban J connectivity index is 0.000000116. The molecule has 0 unspecified atom stereocenters. The van der Waals surface area contributed by atoms with Crippen molar-refractivity contribution < 1.29 is 0 Å². The number of terminal acetylenes is 1. The Morgan fingerprint density at radius 1 is 1.16 bits per heavy atom. The molecule has 1 aromatic carbocycles. The van der Waals surface area contributed by atoms with Crippen LogP contribution in [0.5, 0.6) is 0 Å². The van der Waals surface area contributed by atoms with E-state index in [1.54, 1.807) is 22.7 Å². The molecule has 2 aromatic heterocycles. The fourth-order valence-corrected chi connectivity index (χ4v) is 1.85. The number of hydrogen-bond acceptors (Lipinski definition) is 3. The van der Waals surface area contributed by atoms with Gasteiger partial charge in [0.2, 0.25) is 0 Å². The van der Waals surface area contributed by atoms with E-state index >= 15 is 0 Å². The van der Waals surface area contributed by atoms with E-state index in [0.29, 0.717) is 11.1 Å². The molecule has 2 aliphatic rings. The van der Waals surface area contributed by atoms with Gasteiger partial charge in [-0.05, 0) is 18.2 Å². The molecule has 88 valence electrons. The van der Waals surface area contributed by atoms with Gasteiger partial charge in [-0.3, -0.25) is 0 Å². The molecule has 19 heavy (non-hydrogen) atoms. The lowest BCUT2D eigenvalue weighted by molar-refractivity contribution is 0.939. The van der Waals surface area contributed by atoms with E-state index in [9.17, 15) is 0 Å². The van der Waals surface area contributed by atoms with Crippen LogP contribution < -0.4 is 0 Å². The van der Waals surface area contributed by atoms with E-state index in [1.807, 2.05) is 30.6 Å². The number of pyridine rings is 1. The standard InChI is InChI=1S/C9H5N.C6H3N3/c1-2-8-5-3-4-6-9(8)7-10;1-2-9-6-4(3-7-9)5(1)8-6/h1,3-6H;1-3H. The summed E-state index contributed by atoms with van der Waals surface area (Å²) in [6.45, 7) is 0. The molecule has 0 aliphatic carbocycles. The molecule has 3 aromatic rings. The zero-order valence-corrected chi connectivity index (χ0v) is 9.91. The average molecular weight is 244 g/mol. The van der Waals surface area contributed by atoms with Crippen LogP contribution in [0.2, 0.25) is 0 Å². The molecule has 0 atom stereocenters. The van der Waals surface area contributed by atoms with Crippen molar-refractivity contribution in [3.05, 3.63) is 53.9 Å². The summed E-state index contributed by atoms with van der Waals surface area (Å²) in [4.78, 5) is 4.16. The van der Waals surface area contributed by atoms with Crippen molar-refractivity contribution in [2.45, 2.75) is 0 Å². The van der Waals surface area contributed by atoms with Crippen molar-refractivity contribution in [1.82, 2.24) is 14.6 Å². The largest absolute Gasteiger partial charge is 0.228 e. The van der Waals surface area contributed by atoms with Crippen LogP contribution in [0.3, 0.4) is 0 Å². The Kier molecular flexibility index (Phi) is 2.48. The van der Waals surface area contributed by atoms with E-state index in [1.165, 1.54) is 5.56 Å². The minimum atomic E-state index is 0.560. The van der Waals surface area contributed by atoms with Gasteiger partial charge in [0.05, 0.1) is 23.0 Å². The van der Waals surface area contributed by atoms with Gasteiger partial charge in [-0.25, -0.2) is 9.50 Å². The average Bonchev–Trinajstić information content (AvgIpc) is 2.69. The van der Waals surface area contributed by atoms with Gasteiger partial charge in [0.1, 0.15) is 6.07 Å². The fraction of sp³-hybridized carbons (Fsp3) is 0. The first-order chi connectivity index (χ1) is 9.33. The lowest BCUT2D eigenvalue weighted by atomic mass is 10.1. The van der Waals surface area contributed by atoms with Crippen LogP contribution in [0.1, 0.15) is 11.1 Å². The zero-order valence-electron chi connectivity index (χ0n) is 9.91. The summed E-state index contributed by atoms with van der Waals surface area (Å²) in [5, 5.41) is 12.6. The highest BCUT2D eigenvalue weighted by Crippen LogP contribution is 2.29. The lowest BCUT2D eigenvalue weighted by Gasteiger charge is -2.06. The van der Waals surface area contributed by atoms with Gasteiger partial charge in [-0.15, -0.1) is 6.42 Å². The summed E-state index contributed by atoms with van der Waals surface area (Å²) in [6.07, 6.45) is 8.89. The molecule has 2 aliphatic heterocycles. The van der Waals surface area contributed by atoms with E-state index in [0.717, 1.165) is 11.3 Å². The maximum atomic E-state index is 8.50. The number of benzene rings is 1. The molecule has 4 bridgehead atoms. The minimum Gasteiger partial charge on any atom is -0.228 e. The number of nitrogens with zero attached hydrogens (tertiary/aromatic N) is 4. The van der Waals surface area contributed by atoms with Gasteiger partial charge >= 0.3 is 0 Å². The molecular weight excluding hydrogens is 236 g/mol. The Labute approximate surface area is 110 Å². The van der Waals surface area contributed by atoms with Crippen LogP contribution in [0.15, 0.2) is 42.7 Å². The molecule has 0 fully saturated rings. The maximum Gasteiger partial charge on any atom is 0.164 e. The number of aromatic nitrogens is 3. The number of hydrogen-bond donors (Lipinski definition) is 0. The van der Waals surface area contributed by atoms with Gasteiger partial charge in [0.15, 0.2) is 5.65 Å². The predicted molar refractivity (Wildman–Crippen MR) is 71.1 cm³/mol. The number of rotatable bonds is 0. The monoisotopic (exact) mass is 244 g/mol. The van der Waals surface area contributed by atoms with Crippen LogP contribution in [0.25, 0.3) is 16.9 Å². The van der Waals surface area contributed by atoms with Crippen LogP contribution in [0, 0.1) is 23.7 Å². The summed E-state index contributed by atoms with van der Waals surface area (Å²) in [5.74, 6) is 2.42. The van der Waals surface area contributed by atoms with E-state index < -0.39 is 0 Å². The highest BCUT2D eigenvalue weighted by atomic mass is 15.3. The van der Waals surface area contributed by atoms with Gasteiger partial charge in [-0.1, -0.05) is 18.1 Å². The Morgan fingerprint density at radius 2 is 1.95 bits per heavy atom. The molecule has 5 rings (SSSR count). The van der Waals surface area contributed by atoms with Crippen molar-refractivity contribution >= 4 is 5.65 Å². The molecule has 0 radical (unpaired) electrons. The summed E-state index contributed by atoms with van der Waals surface area (Å²) in [7, 11) is 0. The van der Waals surface area contributed by atoms with Crippen molar-refractivity contribution in [2.75, 3.05) is 0 Å². The van der Waals surface area contributed by atoms with E-state index in [-0.39, 0.29) is 0 Å². The van der Waals surface area contributed by atoms with Gasteiger partial charge in [-0.2, -0.15) is 10.4 Å². The van der Waals surface area contributed by atoms with Crippen LogP contribution in [0.4, 0.5) is 0 Å². The summed E-state index contributed by atoms with van der Waals surface area (Å²) < 4.78 is 1.78. The second-order valence-electron chi connectivity index (χ2n) is 3.94. The molecule has 0 saturated carbocycles. The second kappa shape index (κ2) is 4.29. The molecular formula is C15H8N4. The summed E-state index contributed by atoms with van der Waals surface area (Å²) >= 11 is 0. The van der Waals surface area contributed by atoms with Crippen LogP contribution >= 0.6 is 0 Å². The normalized spacial score (nSPS) is 10.0. The first-order valence-electron chi connectivity index (χ1n) is 5.64. The molecule has 0 spiro atoms. The van der Waals surface area contributed by atoms with Gasteiger partial charge in [0, 0.05) is 11.8 Å². The maximum absolute atomic E-state index is 8.50. The van der Waals surface area contributed by atoms with Crippen molar-refractivity contribution in [2.24, 2.45) is 0 Å². The highest BCUT2D eigenvalue weighted by molar-refractivity contribution is 5.82. The molecule has 0 N–H and O–H groups in total. The number of fused-ring (bicyclic) bond motifs is 1. The summed E-state index contributed by atoms with van der Waals surface area (Å²) in [6, 6.07) is 11.0. The first-order valence-corrected chi connectivity index (χ1v) is 5.64. The smallest absolute Gasteiger partial charge is 0.164 e. The Hall–Kier alpha value is -3.11. The quantitative estimate of drug-likeness (QED) is 0.446. The SMILES string of the molecule is C#Cc1ccccc1C#N.c1cn2ncc3c2nc1-3. The molecule has 0 saturated heterocycles. The Morgan fingerprint density at radius 3 is 2.47 bits per heavy atom. The summed E-state index contributed by atoms with van der Waals surface area (Å²) in [5.41, 5.74) is 4.49. The van der Waals surface area contributed by atoms with E-state index in [4.69, 9.17) is 11.7 Å². The zero-order chi connectivity index (χ0) is 13.2. The van der Waals surface area contributed by atoms with Gasteiger partial charge in [0.25, 0.3) is 0 Å². The third-order valence-electron chi connectivity index (χ3n) is 2.85. The first kappa shape index (κ1) is 11.0. The van der Waals surface area contributed by atoms with E-state index in [2.05, 4.69) is 16.0 Å². The van der Waals surface area contributed by atoms with Crippen LogP contribution in [-0.2, 0) is 0 Å². The molecule has 4 nitrogen and oxygen atoms in total. The van der Waals surface area contributed by atoms with Crippen molar-refractivity contribution in [3.8, 4) is 29.7 Å². The van der Waals surface area contributed by atoms with Crippen molar-refractivity contribution in [1.29, 1.82) is 5.26 Å². The predicted octanol–water partition coefficient (Wildman–Crippen LogP) is 2.25. The topological polar surface area (TPSA) is 54.0 Å². The highest BCUT2D eigenvalue weighted by Gasteiger charge is 2.17. The minimum absolute atomic E-state index is 0.560.